The summed E-state index contributed by atoms with van der Waals surface area (Å²) in [6.07, 6.45) is 6.71. The third-order valence-electron chi connectivity index (χ3n) is 5.25. The van der Waals surface area contributed by atoms with Crippen LogP contribution in [0.1, 0.15) is 36.8 Å². The van der Waals surface area contributed by atoms with E-state index in [2.05, 4.69) is 30.0 Å². The van der Waals surface area contributed by atoms with Crippen molar-refractivity contribution in [2.24, 2.45) is 0 Å². The van der Waals surface area contributed by atoms with Crippen LogP contribution in [-0.4, -0.2) is 47.5 Å². The molecule has 138 valence electrons. The van der Waals surface area contributed by atoms with Crippen LogP contribution in [0.5, 0.6) is 0 Å². The van der Waals surface area contributed by atoms with Gasteiger partial charge in [-0.05, 0) is 61.9 Å². The summed E-state index contributed by atoms with van der Waals surface area (Å²) in [6, 6.07) is 6.45. The first-order valence-corrected chi connectivity index (χ1v) is 10.6. The lowest BCUT2D eigenvalue weighted by Crippen LogP contribution is -2.35. The number of carbonyl (C=O) groups excluding carboxylic acids is 1. The fraction of sp³-hybridized carbons (Fsp3) is 0.500. The van der Waals surface area contributed by atoms with Gasteiger partial charge in [0.25, 0.3) is 5.91 Å². The van der Waals surface area contributed by atoms with Crippen molar-refractivity contribution in [3.8, 4) is 0 Å². The highest BCUT2D eigenvalue weighted by molar-refractivity contribution is 8.26. The Morgan fingerprint density at radius 1 is 1.31 bits per heavy atom. The molecule has 0 unspecified atom stereocenters. The summed E-state index contributed by atoms with van der Waals surface area (Å²) in [5.41, 5.74) is 3.63. The molecular formula is C20H24N2O2S2. The summed E-state index contributed by atoms with van der Waals surface area (Å²) in [5, 5.41) is 0. The third-order valence-corrected chi connectivity index (χ3v) is 6.63. The lowest BCUT2D eigenvalue weighted by atomic mass is 10.1. The number of thioether (sulfide) groups is 1. The van der Waals surface area contributed by atoms with Crippen molar-refractivity contribution in [1.82, 2.24) is 4.90 Å². The molecule has 0 radical (unpaired) electrons. The predicted molar refractivity (Wildman–Crippen MR) is 111 cm³/mol. The van der Waals surface area contributed by atoms with Gasteiger partial charge in [-0.1, -0.05) is 30.0 Å². The second kappa shape index (κ2) is 7.71. The predicted octanol–water partition coefficient (Wildman–Crippen LogP) is 3.98. The zero-order valence-electron chi connectivity index (χ0n) is 15.1. The van der Waals surface area contributed by atoms with Crippen LogP contribution >= 0.6 is 24.0 Å². The molecule has 3 aliphatic heterocycles. The minimum atomic E-state index is 0.0109. The average Bonchev–Trinajstić information content (AvgIpc) is 3.35. The van der Waals surface area contributed by atoms with E-state index < -0.39 is 0 Å². The number of rotatable bonds is 4. The molecule has 4 rings (SSSR count). The molecule has 3 heterocycles. The summed E-state index contributed by atoms with van der Waals surface area (Å²) in [7, 11) is 0. The van der Waals surface area contributed by atoms with Gasteiger partial charge in [0.1, 0.15) is 4.32 Å². The van der Waals surface area contributed by atoms with Crippen molar-refractivity contribution in [2.75, 3.05) is 31.1 Å². The molecule has 0 N–H and O–H groups in total. The van der Waals surface area contributed by atoms with E-state index in [-0.39, 0.29) is 12.0 Å². The summed E-state index contributed by atoms with van der Waals surface area (Å²) in [6.45, 7) is 5.80. The number of amides is 1. The Hall–Kier alpha value is -1.37. The zero-order valence-corrected chi connectivity index (χ0v) is 16.7. The van der Waals surface area contributed by atoms with Gasteiger partial charge in [0, 0.05) is 25.4 Å². The molecule has 1 aromatic carbocycles. The van der Waals surface area contributed by atoms with E-state index in [9.17, 15) is 4.79 Å². The first-order valence-electron chi connectivity index (χ1n) is 9.34. The van der Waals surface area contributed by atoms with E-state index in [0.29, 0.717) is 15.8 Å². The highest BCUT2D eigenvalue weighted by atomic mass is 32.2. The Kier molecular flexibility index (Phi) is 5.34. The highest BCUT2D eigenvalue weighted by Gasteiger charge is 2.34. The van der Waals surface area contributed by atoms with Crippen molar-refractivity contribution < 1.29 is 9.53 Å². The molecular weight excluding hydrogens is 364 g/mol. The summed E-state index contributed by atoms with van der Waals surface area (Å²) in [5.74, 6) is 0.0109. The van der Waals surface area contributed by atoms with Gasteiger partial charge in [0.15, 0.2) is 0 Å². The number of carbonyl (C=O) groups is 1. The summed E-state index contributed by atoms with van der Waals surface area (Å²) < 4.78 is 6.30. The zero-order chi connectivity index (χ0) is 18.1. The van der Waals surface area contributed by atoms with Crippen molar-refractivity contribution >= 4 is 46.0 Å². The molecule has 1 atom stereocenters. The van der Waals surface area contributed by atoms with E-state index in [1.165, 1.54) is 35.9 Å². The first kappa shape index (κ1) is 18.0. The Morgan fingerprint density at radius 2 is 2.12 bits per heavy atom. The maximum atomic E-state index is 12.8. The molecule has 0 saturated carbocycles. The second-order valence-electron chi connectivity index (χ2n) is 7.17. The van der Waals surface area contributed by atoms with Gasteiger partial charge in [-0.3, -0.25) is 9.69 Å². The van der Waals surface area contributed by atoms with Crippen LogP contribution in [-0.2, 0) is 9.53 Å². The number of hydrogen-bond acceptors (Lipinski definition) is 5. The normalized spacial score (nSPS) is 25.1. The van der Waals surface area contributed by atoms with Gasteiger partial charge in [-0.2, -0.15) is 0 Å². The minimum Gasteiger partial charge on any atom is -0.376 e. The maximum Gasteiger partial charge on any atom is 0.266 e. The molecule has 6 heteroatoms. The van der Waals surface area contributed by atoms with E-state index in [1.807, 2.05) is 6.08 Å². The highest BCUT2D eigenvalue weighted by Crippen LogP contribution is 2.34. The minimum absolute atomic E-state index is 0.0109. The topological polar surface area (TPSA) is 32.8 Å². The fourth-order valence-corrected chi connectivity index (χ4v) is 5.16. The van der Waals surface area contributed by atoms with E-state index in [4.69, 9.17) is 17.0 Å². The molecule has 4 nitrogen and oxygen atoms in total. The van der Waals surface area contributed by atoms with E-state index in [1.54, 1.807) is 4.90 Å². The number of aryl methyl sites for hydroxylation is 1. The van der Waals surface area contributed by atoms with Crippen LogP contribution < -0.4 is 4.90 Å². The van der Waals surface area contributed by atoms with Gasteiger partial charge in [-0.25, -0.2) is 0 Å². The van der Waals surface area contributed by atoms with Crippen LogP contribution in [0.15, 0.2) is 23.1 Å². The Balaban J connectivity index is 1.49. The number of ether oxygens (including phenoxy) is 1. The molecule has 1 amide bonds. The van der Waals surface area contributed by atoms with Gasteiger partial charge in [-0.15, -0.1) is 0 Å². The maximum absolute atomic E-state index is 12.8. The van der Waals surface area contributed by atoms with Gasteiger partial charge < -0.3 is 9.64 Å². The SMILES string of the molecule is Cc1cc(/C=C2\SC(=S)N(C[C@H]3CCCO3)C2=O)ccc1N1CCCC1. The smallest absolute Gasteiger partial charge is 0.266 e. The molecule has 0 aromatic heterocycles. The van der Waals surface area contributed by atoms with Crippen molar-refractivity contribution in [3.05, 3.63) is 34.2 Å². The van der Waals surface area contributed by atoms with E-state index in [0.717, 1.165) is 38.1 Å². The average molecular weight is 389 g/mol. The molecule has 3 aliphatic rings. The summed E-state index contributed by atoms with van der Waals surface area (Å²) >= 11 is 6.83. The number of anilines is 1. The lowest BCUT2D eigenvalue weighted by molar-refractivity contribution is -0.123. The van der Waals surface area contributed by atoms with Crippen molar-refractivity contribution in [1.29, 1.82) is 0 Å². The second-order valence-corrected chi connectivity index (χ2v) is 8.84. The van der Waals surface area contributed by atoms with Crippen LogP contribution in [0.4, 0.5) is 5.69 Å². The van der Waals surface area contributed by atoms with Crippen LogP contribution in [0, 0.1) is 6.92 Å². The molecule has 3 fully saturated rings. The van der Waals surface area contributed by atoms with E-state index >= 15 is 0 Å². The third kappa shape index (κ3) is 3.68. The van der Waals surface area contributed by atoms with Crippen molar-refractivity contribution in [3.63, 3.8) is 0 Å². The van der Waals surface area contributed by atoms with Crippen LogP contribution in [0.3, 0.4) is 0 Å². The lowest BCUT2D eigenvalue weighted by Gasteiger charge is -2.20. The Bertz CT molecular complexity index is 750. The van der Waals surface area contributed by atoms with Gasteiger partial charge in [0.2, 0.25) is 0 Å². The molecule has 0 bridgehead atoms. The largest absolute Gasteiger partial charge is 0.376 e. The summed E-state index contributed by atoms with van der Waals surface area (Å²) in [4.78, 5) is 17.6. The van der Waals surface area contributed by atoms with Gasteiger partial charge >= 0.3 is 0 Å². The quantitative estimate of drug-likeness (QED) is 0.576. The van der Waals surface area contributed by atoms with Crippen LogP contribution in [0.25, 0.3) is 6.08 Å². The number of thiocarbonyl (C=S) groups is 1. The number of benzene rings is 1. The fourth-order valence-electron chi connectivity index (χ4n) is 3.88. The standard InChI is InChI=1S/C20H24N2O2S2/c1-14-11-15(6-7-17(14)21-8-2-3-9-21)12-18-19(23)22(20(25)26-18)13-16-5-4-10-24-16/h6-7,11-12,16H,2-5,8-10,13H2,1H3/b18-12-/t16-/m1/s1. The van der Waals surface area contributed by atoms with Gasteiger partial charge in [0.05, 0.1) is 17.6 Å². The molecule has 3 saturated heterocycles. The Morgan fingerprint density at radius 3 is 2.81 bits per heavy atom. The van der Waals surface area contributed by atoms with Crippen LogP contribution in [0.2, 0.25) is 0 Å². The first-order chi connectivity index (χ1) is 12.6. The Labute approximate surface area is 164 Å². The molecule has 1 aromatic rings. The number of hydrogen-bond donors (Lipinski definition) is 0. The van der Waals surface area contributed by atoms with Crippen molar-refractivity contribution in [2.45, 2.75) is 38.7 Å². The number of nitrogens with zero attached hydrogens (tertiary/aromatic N) is 2. The molecule has 0 spiro atoms. The molecule has 0 aliphatic carbocycles. The molecule has 26 heavy (non-hydrogen) atoms. The monoisotopic (exact) mass is 388 g/mol.